The minimum absolute atomic E-state index is 0.128. The number of rotatable bonds is 5. The van der Waals surface area contributed by atoms with Gasteiger partial charge in [0.25, 0.3) is 0 Å². The Kier molecular flexibility index (Phi) is 5.49. The lowest BCUT2D eigenvalue weighted by atomic mass is 9.96. The summed E-state index contributed by atoms with van der Waals surface area (Å²) in [6.45, 7) is 9.18. The molecule has 0 radical (unpaired) electrons. The van der Waals surface area contributed by atoms with Gasteiger partial charge in [-0.2, -0.15) is 4.98 Å². The van der Waals surface area contributed by atoms with Gasteiger partial charge in [0.05, 0.1) is 0 Å². The first kappa shape index (κ1) is 19.8. The van der Waals surface area contributed by atoms with Crippen LogP contribution in [0.5, 0.6) is 0 Å². The topological polar surface area (TPSA) is 88.3 Å². The molecular formula is C20H26N6O2S. The molecule has 4 heterocycles. The molecule has 0 spiro atoms. The van der Waals surface area contributed by atoms with Gasteiger partial charge in [-0.25, -0.2) is 9.97 Å². The van der Waals surface area contributed by atoms with Gasteiger partial charge in [0.2, 0.25) is 11.8 Å². The molecule has 4 rings (SSSR count). The molecule has 1 amide bonds. The van der Waals surface area contributed by atoms with Gasteiger partial charge in [-0.3, -0.25) is 4.79 Å². The maximum atomic E-state index is 12.6. The van der Waals surface area contributed by atoms with Crippen LogP contribution >= 0.6 is 11.3 Å². The molecule has 1 saturated heterocycles. The van der Waals surface area contributed by atoms with Crippen molar-refractivity contribution in [2.75, 3.05) is 31.1 Å². The number of aromatic nitrogens is 4. The fourth-order valence-electron chi connectivity index (χ4n) is 3.25. The molecule has 1 fully saturated rings. The fraction of sp³-hybridized carbons (Fsp3) is 0.550. The van der Waals surface area contributed by atoms with Gasteiger partial charge < -0.3 is 14.3 Å². The number of carbonyl (C=O) groups excluding carboxylic acids is 1. The predicted octanol–water partition coefficient (Wildman–Crippen LogP) is 3.04. The Morgan fingerprint density at radius 2 is 2.00 bits per heavy atom. The largest absolute Gasteiger partial charge is 0.344 e. The third-order valence-corrected chi connectivity index (χ3v) is 6.02. The summed E-state index contributed by atoms with van der Waals surface area (Å²) >= 11 is 1.61. The van der Waals surface area contributed by atoms with E-state index in [0.29, 0.717) is 31.0 Å². The molecule has 3 aromatic rings. The van der Waals surface area contributed by atoms with Crippen molar-refractivity contribution < 1.29 is 9.32 Å². The van der Waals surface area contributed by atoms with E-state index in [0.717, 1.165) is 41.7 Å². The fourth-order valence-corrected chi connectivity index (χ4v) is 4.21. The Morgan fingerprint density at radius 3 is 2.69 bits per heavy atom. The molecule has 0 saturated carbocycles. The molecule has 154 valence electrons. The molecule has 0 N–H and O–H groups in total. The summed E-state index contributed by atoms with van der Waals surface area (Å²) in [4.78, 5) is 31.1. The van der Waals surface area contributed by atoms with Crippen LogP contribution in [0.2, 0.25) is 0 Å². The summed E-state index contributed by atoms with van der Waals surface area (Å²) in [5, 5.41) is 5.01. The predicted molar refractivity (Wildman–Crippen MR) is 112 cm³/mol. The van der Waals surface area contributed by atoms with E-state index >= 15 is 0 Å². The first-order valence-electron chi connectivity index (χ1n) is 9.97. The van der Waals surface area contributed by atoms with Crippen molar-refractivity contribution in [2.24, 2.45) is 0 Å². The van der Waals surface area contributed by atoms with E-state index < -0.39 is 0 Å². The number of piperazine rings is 1. The Hall–Kier alpha value is -2.55. The highest BCUT2D eigenvalue weighted by molar-refractivity contribution is 7.21. The van der Waals surface area contributed by atoms with E-state index in [1.807, 2.05) is 17.0 Å². The Morgan fingerprint density at radius 1 is 1.21 bits per heavy atom. The van der Waals surface area contributed by atoms with Crippen LogP contribution in [0, 0.1) is 0 Å². The average molecular weight is 415 g/mol. The minimum Gasteiger partial charge on any atom is -0.344 e. The zero-order chi connectivity index (χ0) is 20.4. The first-order valence-corrected chi connectivity index (χ1v) is 10.8. The number of nitrogens with zero attached hydrogens (tertiary/aromatic N) is 6. The van der Waals surface area contributed by atoms with E-state index in [1.54, 1.807) is 17.5 Å². The maximum absolute atomic E-state index is 12.6. The van der Waals surface area contributed by atoms with Gasteiger partial charge in [0.15, 0.2) is 11.0 Å². The number of amides is 1. The molecule has 1 aliphatic rings. The summed E-state index contributed by atoms with van der Waals surface area (Å²) in [6, 6.07) is 3.89. The molecule has 0 bridgehead atoms. The number of hydrogen-bond donors (Lipinski definition) is 0. The third-order valence-electron chi connectivity index (χ3n) is 4.98. The van der Waals surface area contributed by atoms with Gasteiger partial charge in [-0.05, 0) is 18.6 Å². The van der Waals surface area contributed by atoms with Crippen LogP contribution in [0.25, 0.3) is 10.3 Å². The van der Waals surface area contributed by atoms with Crippen molar-refractivity contribution in [1.29, 1.82) is 0 Å². The van der Waals surface area contributed by atoms with Crippen molar-refractivity contribution in [2.45, 2.75) is 45.4 Å². The Balaban J connectivity index is 1.24. The summed E-state index contributed by atoms with van der Waals surface area (Å²) < 4.78 is 5.30. The van der Waals surface area contributed by atoms with Crippen LogP contribution in [0.15, 0.2) is 22.9 Å². The molecule has 0 unspecified atom stereocenters. The van der Waals surface area contributed by atoms with E-state index in [2.05, 4.69) is 45.8 Å². The molecule has 29 heavy (non-hydrogen) atoms. The van der Waals surface area contributed by atoms with Gasteiger partial charge in [-0.15, -0.1) is 0 Å². The second kappa shape index (κ2) is 8.06. The molecule has 8 nitrogen and oxygen atoms in total. The van der Waals surface area contributed by atoms with Crippen LogP contribution in [-0.2, 0) is 16.6 Å². The van der Waals surface area contributed by atoms with Crippen molar-refractivity contribution in [3.05, 3.63) is 30.0 Å². The van der Waals surface area contributed by atoms with Crippen molar-refractivity contribution in [3.8, 4) is 0 Å². The number of pyridine rings is 1. The lowest BCUT2D eigenvalue weighted by molar-refractivity contribution is -0.131. The van der Waals surface area contributed by atoms with Crippen LogP contribution in [-0.4, -0.2) is 57.1 Å². The zero-order valence-corrected chi connectivity index (χ0v) is 17.9. The van der Waals surface area contributed by atoms with Crippen molar-refractivity contribution >= 4 is 32.7 Å². The Labute approximate surface area is 173 Å². The normalized spacial score (nSPS) is 15.3. The quantitative estimate of drug-likeness (QED) is 0.634. The third kappa shape index (κ3) is 4.55. The number of thiazole rings is 1. The molecule has 0 aliphatic carbocycles. The van der Waals surface area contributed by atoms with E-state index in [1.165, 1.54) is 0 Å². The van der Waals surface area contributed by atoms with Crippen LogP contribution in [0.4, 0.5) is 5.13 Å². The highest BCUT2D eigenvalue weighted by atomic mass is 32.1. The van der Waals surface area contributed by atoms with Crippen LogP contribution < -0.4 is 4.90 Å². The standard InChI is InChI=1S/C20H26N6O2S/c1-20(2,3)18-23-15(28-24-18)7-4-8-16(27)25-10-12-26(13-11-25)19-22-14-6-5-9-21-17(14)29-19/h5-6,9H,4,7-8,10-13H2,1-3H3. The monoisotopic (exact) mass is 414 g/mol. The summed E-state index contributed by atoms with van der Waals surface area (Å²) in [5.41, 5.74) is 0.804. The highest BCUT2D eigenvalue weighted by Crippen LogP contribution is 2.27. The number of anilines is 1. The maximum Gasteiger partial charge on any atom is 0.226 e. The van der Waals surface area contributed by atoms with Crippen LogP contribution in [0.1, 0.15) is 45.3 Å². The van der Waals surface area contributed by atoms with Gasteiger partial charge in [0.1, 0.15) is 10.3 Å². The molecular weight excluding hydrogens is 388 g/mol. The van der Waals surface area contributed by atoms with Crippen LogP contribution in [0.3, 0.4) is 0 Å². The van der Waals surface area contributed by atoms with Crippen molar-refractivity contribution in [3.63, 3.8) is 0 Å². The first-order chi connectivity index (χ1) is 13.9. The lowest BCUT2D eigenvalue weighted by Crippen LogP contribution is -2.48. The van der Waals surface area contributed by atoms with Crippen molar-refractivity contribution in [1.82, 2.24) is 25.0 Å². The van der Waals surface area contributed by atoms with Gasteiger partial charge >= 0.3 is 0 Å². The molecule has 0 atom stereocenters. The number of hydrogen-bond acceptors (Lipinski definition) is 8. The molecule has 9 heteroatoms. The Bertz CT molecular complexity index is 951. The number of fused-ring (bicyclic) bond motifs is 1. The number of carbonyl (C=O) groups is 1. The highest BCUT2D eigenvalue weighted by Gasteiger charge is 2.24. The number of aryl methyl sites for hydroxylation is 1. The summed E-state index contributed by atoms with van der Waals surface area (Å²) in [7, 11) is 0. The smallest absolute Gasteiger partial charge is 0.226 e. The summed E-state index contributed by atoms with van der Waals surface area (Å²) in [5.74, 6) is 1.50. The lowest BCUT2D eigenvalue weighted by Gasteiger charge is -2.34. The SMILES string of the molecule is CC(C)(C)c1noc(CCCC(=O)N2CCN(c3nc4cccnc4s3)CC2)n1. The van der Waals surface area contributed by atoms with E-state index in [9.17, 15) is 4.79 Å². The molecule has 1 aliphatic heterocycles. The zero-order valence-electron chi connectivity index (χ0n) is 17.1. The molecule has 0 aromatic carbocycles. The van der Waals surface area contributed by atoms with E-state index in [-0.39, 0.29) is 11.3 Å². The second-order valence-electron chi connectivity index (χ2n) is 8.31. The van der Waals surface area contributed by atoms with Gasteiger partial charge in [-0.1, -0.05) is 37.3 Å². The second-order valence-corrected chi connectivity index (χ2v) is 9.26. The minimum atomic E-state index is -0.128. The van der Waals surface area contributed by atoms with Gasteiger partial charge in [0, 0.05) is 50.6 Å². The molecule has 3 aromatic heterocycles. The average Bonchev–Trinajstić information content (AvgIpc) is 3.35. The van der Waals surface area contributed by atoms with E-state index in [4.69, 9.17) is 4.52 Å². The summed E-state index contributed by atoms with van der Waals surface area (Å²) in [6.07, 6.45) is 3.64.